The Hall–Kier alpha value is -1.26. The Morgan fingerprint density at radius 2 is 2.27 bits per heavy atom. The predicted octanol–water partition coefficient (Wildman–Crippen LogP) is 1.33. The van der Waals surface area contributed by atoms with Gasteiger partial charge in [-0.25, -0.2) is 4.79 Å². The average Bonchev–Trinajstić information content (AvgIpc) is 2.66. The summed E-state index contributed by atoms with van der Waals surface area (Å²) in [7, 11) is 0. The molecule has 1 amide bonds. The number of nitrogens with zero attached hydrogens (tertiary/aromatic N) is 1. The number of ether oxygens (including phenoxy) is 1. The SMILES string of the molecule is CCCCOC(=O)N1CC[C@H](C(=O)O)C1. The number of amides is 1. The quantitative estimate of drug-likeness (QED) is 0.718. The number of carboxylic acid groups (broad SMARTS) is 1. The lowest BCUT2D eigenvalue weighted by Gasteiger charge is -2.15. The van der Waals surface area contributed by atoms with Gasteiger partial charge in [-0.05, 0) is 12.8 Å². The van der Waals surface area contributed by atoms with E-state index in [-0.39, 0.29) is 12.6 Å². The summed E-state index contributed by atoms with van der Waals surface area (Å²) in [6.07, 6.45) is 1.97. The molecule has 1 saturated heterocycles. The van der Waals surface area contributed by atoms with Gasteiger partial charge in [0.05, 0.1) is 12.5 Å². The third kappa shape index (κ3) is 3.42. The van der Waals surface area contributed by atoms with Gasteiger partial charge in [0.15, 0.2) is 0 Å². The Bertz CT molecular complexity index is 242. The zero-order valence-corrected chi connectivity index (χ0v) is 8.94. The van der Waals surface area contributed by atoms with E-state index in [4.69, 9.17) is 9.84 Å². The fourth-order valence-electron chi connectivity index (χ4n) is 1.52. The number of unbranched alkanes of at least 4 members (excludes halogenated alkanes) is 1. The van der Waals surface area contributed by atoms with Crippen molar-refractivity contribution in [1.29, 1.82) is 0 Å². The summed E-state index contributed by atoms with van der Waals surface area (Å²) in [5.74, 6) is -1.26. The molecule has 0 bridgehead atoms. The number of hydrogen-bond acceptors (Lipinski definition) is 3. The molecule has 0 aliphatic carbocycles. The van der Waals surface area contributed by atoms with Crippen molar-refractivity contribution in [3.8, 4) is 0 Å². The lowest BCUT2D eigenvalue weighted by Crippen LogP contribution is -2.30. The number of hydrogen-bond donors (Lipinski definition) is 1. The summed E-state index contributed by atoms with van der Waals surface area (Å²) in [6, 6.07) is 0. The molecular formula is C10H17NO4. The minimum Gasteiger partial charge on any atom is -0.481 e. The van der Waals surface area contributed by atoms with E-state index >= 15 is 0 Å². The van der Waals surface area contributed by atoms with Gasteiger partial charge in [-0.15, -0.1) is 0 Å². The molecule has 1 rings (SSSR count). The molecule has 86 valence electrons. The lowest BCUT2D eigenvalue weighted by molar-refractivity contribution is -0.141. The van der Waals surface area contributed by atoms with E-state index in [0.29, 0.717) is 19.6 Å². The molecular weight excluding hydrogens is 198 g/mol. The van der Waals surface area contributed by atoms with Gasteiger partial charge in [0.1, 0.15) is 0 Å². The largest absolute Gasteiger partial charge is 0.481 e. The van der Waals surface area contributed by atoms with Crippen LogP contribution in [0.3, 0.4) is 0 Å². The monoisotopic (exact) mass is 215 g/mol. The van der Waals surface area contributed by atoms with E-state index in [0.717, 1.165) is 12.8 Å². The summed E-state index contributed by atoms with van der Waals surface area (Å²) in [5, 5.41) is 8.75. The minimum atomic E-state index is -0.834. The fraction of sp³-hybridized carbons (Fsp3) is 0.800. The van der Waals surface area contributed by atoms with Crippen molar-refractivity contribution in [2.75, 3.05) is 19.7 Å². The molecule has 0 spiro atoms. The number of carbonyl (C=O) groups is 2. The van der Waals surface area contributed by atoms with Crippen molar-refractivity contribution in [3.63, 3.8) is 0 Å². The highest BCUT2D eigenvalue weighted by atomic mass is 16.6. The van der Waals surface area contributed by atoms with Crippen molar-refractivity contribution in [2.24, 2.45) is 5.92 Å². The Morgan fingerprint density at radius 3 is 2.80 bits per heavy atom. The van der Waals surface area contributed by atoms with E-state index in [1.165, 1.54) is 4.90 Å². The Morgan fingerprint density at radius 1 is 1.53 bits per heavy atom. The first-order valence-corrected chi connectivity index (χ1v) is 5.29. The van der Waals surface area contributed by atoms with Crippen LogP contribution in [0.4, 0.5) is 4.79 Å². The zero-order valence-electron chi connectivity index (χ0n) is 8.94. The molecule has 0 aromatic rings. The van der Waals surface area contributed by atoms with Crippen LogP contribution in [0.2, 0.25) is 0 Å². The molecule has 0 radical (unpaired) electrons. The first-order chi connectivity index (χ1) is 7.15. The third-order valence-corrected chi connectivity index (χ3v) is 2.52. The number of aliphatic carboxylic acids is 1. The van der Waals surface area contributed by atoms with Gasteiger partial charge in [0.25, 0.3) is 0 Å². The van der Waals surface area contributed by atoms with Crippen LogP contribution in [0, 0.1) is 5.92 Å². The van der Waals surface area contributed by atoms with Crippen molar-refractivity contribution in [3.05, 3.63) is 0 Å². The first kappa shape index (κ1) is 11.8. The molecule has 1 aliphatic heterocycles. The molecule has 1 N–H and O–H groups in total. The Kier molecular flexibility index (Phi) is 4.39. The van der Waals surface area contributed by atoms with Crippen LogP contribution in [-0.2, 0) is 9.53 Å². The van der Waals surface area contributed by atoms with Crippen LogP contribution in [0.5, 0.6) is 0 Å². The summed E-state index contributed by atoms with van der Waals surface area (Å²) in [6.45, 7) is 3.20. The van der Waals surface area contributed by atoms with Gasteiger partial charge in [-0.3, -0.25) is 4.79 Å². The molecule has 5 nitrogen and oxygen atoms in total. The van der Waals surface area contributed by atoms with E-state index in [9.17, 15) is 9.59 Å². The van der Waals surface area contributed by atoms with E-state index in [1.54, 1.807) is 0 Å². The standard InChI is InChI=1S/C10H17NO4/c1-2-3-6-15-10(14)11-5-4-8(7-11)9(12)13/h8H,2-7H2,1H3,(H,12,13)/t8-/m0/s1. The van der Waals surface area contributed by atoms with Crippen LogP contribution in [0.25, 0.3) is 0 Å². The maximum absolute atomic E-state index is 11.4. The molecule has 0 saturated carbocycles. The summed E-state index contributed by atoms with van der Waals surface area (Å²) >= 11 is 0. The predicted molar refractivity (Wildman–Crippen MR) is 53.6 cm³/mol. The highest BCUT2D eigenvalue weighted by Gasteiger charge is 2.31. The van der Waals surface area contributed by atoms with Crippen LogP contribution in [-0.4, -0.2) is 41.8 Å². The van der Waals surface area contributed by atoms with Crippen LogP contribution < -0.4 is 0 Å². The van der Waals surface area contributed by atoms with Crippen molar-refractivity contribution >= 4 is 12.1 Å². The highest BCUT2D eigenvalue weighted by Crippen LogP contribution is 2.17. The molecule has 5 heteroatoms. The van der Waals surface area contributed by atoms with E-state index in [2.05, 4.69) is 0 Å². The van der Waals surface area contributed by atoms with Crippen molar-refractivity contribution < 1.29 is 19.4 Å². The van der Waals surface area contributed by atoms with Crippen LogP contribution in [0.1, 0.15) is 26.2 Å². The van der Waals surface area contributed by atoms with Gasteiger partial charge < -0.3 is 14.7 Å². The normalized spacial score (nSPS) is 20.3. The second kappa shape index (κ2) is 5.58. The summed E-state index contributed by atoms with van der Waals surface area (Å²) < 4.78 is 4.99. The van der Waals surface area contributed by atoms with E-state index in [1.807, 2.05) is 6.92 Å². The Balaban J connectivity index is 2.27. The number of likely N-dealkylation sites (tertiary alicyclic amines) is 1. The molecule has 0 aromatic carbocycles. The molecule has 1 fully saturated rings. The molecule has 1 aliphatic rings. The smallest absolute Gasteiger partial charge is 0.409 e. The highest BCUT2D eigenvalue weighted by molar-refractivity contribution is 5.74. The minimum absolute atomic E-state index is 0.278. The second-order valence-corrected chi connectivity index (χ2v) is 3.74. The van der Waals surface area contributed by atoms with Crippen molar-refractivity contribution in [1.82, 2.24) is 4.90 Å². The van der Waals surface area contributed by atoms with Crippen LogP contribution in [0.15, 0.2) is 0 Å². The maximum Gasteiger partial charge on any atom is 0.409 e. The van der Waals surface area contributed by atoms with Gasteiger partial charge in [0, 0.05) is 13.1 Å². The lowest BCUT2D eigenvalue weighted by atomic mass is 10.1. The molecule has 0 aromatic heterocycles. The van der Waals surface area contributed by atoms with Gasteiger partial charge >= 0.3 is 12.1 Å². The van der Waals surface area contributed by atoms with Crippen molar-refractivity contribution in [2.45, 2.75) is 26.2 Å². The first-order valence-electron chi connectivity index (χ1n) is 5.29. The zero-order chi connectivity index (χ0) is 11.3. The van der Waals surface area contributed by atoms with Gasteiger partial charge in [-0.2, -0.15) is 0 Å². The number of rotatable bonds is 4. The maximum atomic E-state index is 11.4. The summed E-state index contributed by atoms with van der Waals surface area (Å²) in [4.78, 5) is 23.5. The third-order valence-electron chi connectivity index (χ3n) is 2.52. The molecule has 1 heterocycles. The molecule has 1 atom stereocenters. The summed E-state index contributed by atoms with van der Waals surface area (Å²) in [5.41, 5.74) is 0. The van der Waals surface area contributed by atoms with Gasteiger partial charge in [-0.1, -0.05) is 13.3 Å². The number of carbonyl (C=O) groups excluding carboxylic acids is 1. The molecule has 0 unspecified atom stereocenters. The van der Waals surface area contributed by atoms with E-state index < -0.39 is 11.9 Å². The van der Waals surface area contributed by atoms with Crippen LogP contribution >= 0.6 is 0 Å². The Labute approximate surface area is 89.0 Å². The number of carboxylic acids is 1. The fourth-order valence-corrected chi connectivity index (χ4v) is 1.52. The average molecular weight is 215 g/mol. The second-order valence-electron chi connectivity index (χ2n) is 3.74. The molecule has 15 heavy (non-hydrogen) atoms. The topological polar surface area (TPSA) is 66.8 Å². The van der Waals surface area contributed by atoms with Gasteiger partial charge in [0.2, 0.25) is 0 Å².